The molecule has 0 unspecified atom stereocenters. The van der Waals surface area contributed by atoms with Gasteiger partial charge in [0.1, 0.15) is 29.6 Å². The molecule has 22 nitrogen and oxygen atoms in total. The Hall–Kier alpha value is -8.44. The summed E-state index contributed by atoms with van der Waals surface area (Å²) >= 11 is 0. The van der Waals surface area contributed by atoms with Crippen molar-refractivity contribution < 1.29 is 42.6 Å². The lowest BCUT2D eigenvalue weighted by Crippen LogP contribution is -2.59. The first kappa shape index (κ1) is 61.6. The summed E-state index contributed by atoms with van der Waals surface area (Å²) in [6.07, 6.45) is 10.5. The predicted octanol–water partition coefficient (Wildman–Crippen LogP) is 6.71. The number of rotatable bonds is 23. The molecule has 3 aliphatic rings. The molecule has 6 atom stereocenters. The number of nitrogens with one attached hydrogen (secondary N) is 7. The summed E-state index contributed by atoms with van der Waals surface area (Å²) in [5.74, 6) is -2.86. The number of methoxy groups -OCH3 is 1. The van der Waals surface area contributed by atoms with Crippen molar-refractivity contribution in [2.75, 3.05) is 46.5 Å². The summed E-state index contributed by atoms with van der Waals surface area (Å²) < 4.78 is 32.4. The maximum atomic E-state index is 16.4. The molecule has 0 radical (unpaired) electrons. The molecule has 3 fully saturated rings. The number of halogens is 1. The Morgan fingerprint density at radius 1 is 0.828 bits per heavy atom. The number of imidazole rings is 1. The van der Waals surface area contributed by atoms with Crippen LogP contribution >= 0.6 is 0 Å². The Morgan fingerprint density at radius 3 is 2.34 bits per heavy atom. The summed E-state index contributed by atoms with van der Waals surface area (Å²) in [5, 5.41) is 23.8. The maximum absolute atomic E-state index is 16.4. The number of hydrogen-bond acceptors (Lipinski definition) is 12. The molecule has 7 N–H and O–H groups in total. The molecular weight excluding hydrogens is 1110 g/mol. The van der Waals surface area contributed by atoms with Gasteiger partial charge in [-0.3, -0.25) is 37.8 Å². The number of likely N-dealkylation sites (tertiary alicyclic amines) is 1. The number of alkyl carbamates (subject to hydrolysis) is 1. The molecule has 87 heavy (non-hydrogen) atoms. The molecule has 462 valence electrons. The van der Waals surface area contributed by atoms with Crippen LogP contribution in [0.25, 0.3) is 55.4 Å². The van der Waals surface area contributed by atoms with Crippen LogP contribution in [0.3, 0.4) is 0 Å². The van der Waals surface area contributed by atoms with Crippen LogP contribution in [0.4, 0.5) is 9.18 Å². The zero-order valence-electron chi connectivity index (χ0n) is 50.4. The summed E-state index contributed by atoms with van der Waals surface area (Å²) in [5.41, 5.74) is 5.55. The highest BCUT2D eigenvalue weighted by molar-refractivity contribution is 6.15. The first-order chi connectivity index (χ1) is 42.0. The summed E-state index contributed by atoms with van der Waals surface area (Å²) in [7, 11) is 3.02. The Morgan fingerprint density at radius 2 is 1.60 bits per heavy atom. The Kier molecular flexibility index (Phi) is 19.5. The van der Waals surface area contributed by atoms with E-state index in [4.69, 9.17) is 14.5 Å². The third kappa shape index (κ3) is 13.4. The lowest BCUT2D eigenvalue weighted by Gasteiger charge is -2.35. The number of hydrogen-bond donors (Lipinski definition) is 7. The number of benzene rings is 3. The predicted molar refractivity (Wildman–Crippen MR) is 328 cm³/mol. The van der Waals surface area contributed by atoms with E-state index >= 15 is 4.39 Å². The van der Waals surface area contributed by atoms with E-state index in [1.807, 2.05) is 60.1 Å². The topological polar surface area (TPSA) is 270 Å². The zero-order valence-corrected chi connectivity index (χ0v) is 50.4. The second-order valence-electron chi connectivity index (χ2n) is 23.5. The van der Waals surface area contributed by atoms with Gasteiger partial charge >= 0.3 is 11.8 Å². The second kappa shape index (κ2) is 27.5. The van der Waals surface area contributed by atoms with Crippen molar-refractivity contribution in [3.05, 3.63) is 107 Å². The van der Waals surface area contributed by atoms with Crippen molar-refractivity contribution in [2.24, 2.45) is 13.0 Å². The number of amides is 6. The minimum Gasteiger partial charge on any atom is -0.453 e. The first-order valence-electron chi connectivity index (χ1n) is 30.6. The van der Waals surface area contributed by atoms with Crippen molar-refractivity contribution >= 4 is 68.6 Å². The van der Waals surface area contributed by atoms with Gasteiger partial charge in [-0.05, 0) is 114 Å². The third-order valence-corrected chi connectivity index (χ3v) is 17.4. The van der Waals surface area contributed by atoms with E-state index in [-0.39, 0.29) is 79.3 Å². The minimum atomic E-state index is -0.829. The molecule has 7 aromatic rings. The molecule has 0 bridgehead atoms. The number of carbonyl (C=O) groups excluding carboxylic acids is 6. The minimum absolute atomic E-state index is 0.0688. The lowest BCUT2D eigenvalue weighted by atomic mass is 9.83. The van der Waals surface area contributed by atoms with Crippen LogP contribution in [0.2, 0.25) is 0 Å². The van der Waals surface area contributed by atoms with Gasteiger partial charge in [-0.2, -0.15) is 5.10 Å². The molecule has 0 spiro atoms. The molecule has 10 rings (SSSR count). The van der Waals surface area contributed by atoms with E-state index in [9.17, 15) is 33.6 Å². The van der Waals surface area contributed by atoms with Gasteiger partial charge in [-0.15, -0.1) is 0 Å². The Labute approximate surface area is 504 Å². The van der Waals surface area contributed by atoms with Crippen molar-refractivity contribution in [2.45, 2.75) is 141 Å². The van der Waals surface area contributed by atoms with Gasteiger partial charge in [0.25, 0.3) is 5.91 Å². The van der Waals surface area contributed by atoms with Crippen LogP contribution in [-0.4, -0.2) is 146 Å². The summed E-state index contributed by atoms with van der Waals surface area (Å²) in [6.45, 7) is 9.02. The van der Waals surface area contributed by atoms with Crippen LogP contribution in [0.15, 0.2) is 83.9 Å². The monoisotopic (exact) mass is 1190 g/mol. The number of carbonyl (C=O) groups is 6. The highest BCUT2D eigenvalue weighted by Crippen LogP contribution is 2.44. The zero-order chi connectivity index (χ0) is 61.5. The van der Waals surface area contributed by atoms with E-state index in [0.29, 0.717) is 90.5 Å². The normalized spacial score (nSPS) is 18.3. The molecule has 6 amide bonds. The quantitative estimate of drug-likeness (QED) is 0.0330. The maximum Gasteiger partial charge on any atom is 0.407 e. The number of nitrogens with zero attached hydrogens (tertiary/aromatic N) is 6. The van der Waals surface area contributed by atoms with Crippen molar-refractivity contribution in [3.63, 3.8) is 0 Å². The number of fused-ring (bicyclic) bond motifs is 4. The molecule has 2 aliphatic carbocycles. The second-order valence-corrected chi connectivity index (χ2v) is 23.5. The fourth-order valence-corrected chi connectivity index (χ4v) is 13.0. The summed E-state index contributed by atoms with van der Waals surface area (Å²) in [6, 6.07) is 16.4. The standard InChI is InChI=1S/C64H80FN13O9/c1-7-66-60(81)48(31-39-15-10-8-11-16-39)72-61(82)50-19-14-28-76(50)62(83)55(40-17-12-9-13-18-40)74-58(79)38(4)67-26-29-87-30-27-68-59(80)46-24-20-42(33-47(46)65)54-52(41-21-25-49-43(32-41)35-70-78(49)37(2)3)53-56-51(36-69-57(53)73-54)75(5)64(85)77(56)45-23-22-44(34-45)71-63(84)86-6/h8,10-11,15-16,20-21,24-25,32-33,35-38,40,44-45,48,50,55,67H,7,9,12-14,17-19,22-23,26-31,34H2,1-6H3,(H,66,81)(H,68,80)(H,69,73)(H,71,84)(H,72,82)(H,74,79)/t38-,44+,45+,48-,50-,55-/m0/s1. The van der Waals surface area contributed by atoms with Gasteiger partial charge in [0.15, 0.2) is 0 Å². The van der Waals surface area contributed by atoms with Gasteiger partial charge in [-0.1, -0.05) is 61.7 Å². The van der Waals surface area contributed by atoms with Crippen LogP contribution in [0.1, 0.15) is 120 Å². The van der Waals surface area contributed by atoms with E-state index in [1.54, 1.807) is 46.5 Å². The van der Waals surface area contributed by atoms with Gasteiger partial charge < -0.3 is 51.3 Å². The Bertz CT molecular complexity index is 3720. The Balaban J connectivity index is 0.770. The average molecular weight is 1190 g/mol. The highest BCUT2D eigenvalue weighted by atomic mass is 19.1. The molecule has 2 saturated carbocycles. The van der Waals surface area contributed by atoms with Gasteiger partial charge in [0.2, 0.25) is 23.6 Å². The number of pyridine rings is 1. The van der Waals surface area contributed by atoms with Crippen molar-refractivity contribution in [1.29, 1.82) is 0 Å². The van der Waals surface area contributed by atoms with Crippen LogP contribution in [0, 0.1) is 11.7 Å². The molecular formula is C64H80FN13O9. The highest BCUT2D eigenvalue weighted by Gasteiger charge is 2.42. The van der Waals surface area contributed by atoms with Crippen LogP contribution in [0.5, 0.6) is 0 Å². The van der Waals surface area contributed by atoms with E-state index in [2.05, 4.69) is 55.8 Å². The van der Waals surface area contributed by atoms with E-state index in [1.165, 1.54) is 19.2 Å². The smallest absolute Gasteiger partial charge is 0.407 e. The number of aromatic amines is 1. The number of ether oxygens (including phenoxy) is 2. The largest absolute Gasteiger partial charge is 0.453 e. The number of aromatic nitrogens is 6. The number of likely N-dealkylation sites (N-methyl/N-ethyl adjacent to an activating group) is 1. The van der Waals surface area contributed by atoms with Crippen molar-refractivity contribution in [3.8, 4) is 22.4 Å². The molecule has 3 aromatic carbocycles. The van der Waals surface area contributed by atoms with Gasteiger partial charge in [-0.25, -0.2) is 19.0 Å². The SMILES string of the molecule is CCNC(=O)[C@H](Cc1ccccc1)NC(=O)[C@@H]1CCCN1C(=O)[C@@H](NC(=O)[C@H](C)NCCOCCNC(=O)c1ccc(-c2[nH]c3ncc4c(c3c2-c2ccc3c(cnn3C(C)C)c2)n([C@@H]2CC[C@@H](NC(=O)OC)C2)c(=O)n4C)cc1F)C1CCCCC1. The fraction of sp³-hybridized carbons (Fsp3) is 0.484. The molecule has 1 saturated heterocycles. The molecule has 5 heterocycles. The van der Waals surface area contributed by atoms with Gasteiger partial charge in [0.05, 0.1) is 72.0 Å². The average Bonchev–Trinajstić information content (AvgIpc) is 1.59. The van der Waals surface area contributed by atoms with E-state index < -0.39 is 47.9 Å². The molecule has 1 aliphatic heterocycles. The fourth-order valence-electron chi connectivity index (χ4n) is 13.0. The third-order valence-electron chi connectivity index (χ3n) is 17.4. The van der Waals surface area contributed by atoms with E-state index in [0.717, 1.165) is 54.1 Å². The molecule has 4 aromatic heterocycles. The van der Waals surface area contributed by atoms with Crippen LogP contribution < -0.4 is 37.6 Å². The first-order valence-corrected chi connectivity index (χ1v) is 30.6. The summed E-state index contributed by atoms with van der Waals surface area (Å²) in [4.78, 5) is 105. The van der Waals surface area contributed by atoms with Crippen molar-refractivity contribution in [1.82, 2.24) is 65.7 Å². The number of aryl methyl sites for hydroxylation is 1. The number of H-pyrrole nitrogens is 1. The van der Waals surface area contributed by atoms with Gasteiger partial charge in [0, 0.05) is 74.3 Å². The van der Waals surface area contributed by atoms with Crippen LogP contribution in [-0.2, 0) is 42.1 Å². The molecule has 23 heteroatoms. The lowest BCUT2D eigenvalue weighted by molar-refractivity contribution is -0.143.